The molecule has 8 heteroatoms. The number of nitrogens with zero attached hydrogens (tertiary/aromatic N) is 3. The second-order valence-electron chi connectivity index (χ2n) is 4.79. The van der Waals surface area contributed by atoms with Crippen molar-refractivity contribution in [2.75, 3.05) is 5.32 Å². The lowest BCUT2D eigenvalue weighted by Gasteiger charge is -2.07. The average molecular weight is 344 g/mol. The molecule has 0 aliphatic heterocycles. The van der Waals surface area contributed by atoms with Crippen molar-refractivity contribution >= 4 is 23.3 Å². The number of carbonyl (C=O) groups is 1. The largest absolute Gasteiger partial charge is 0.456 e. The summed E-state index contributed by atoms with van der Waals surface area (Å²) in [4.78, 5) is 16.8. The van der Waals surface area contributed by atoms with E-state index in [9.17, 15) is 9.18 Å². The first-order valence-corrected chi connectivity index (χ1v) is 7.95. The van der Waals surface area contributed by atoms with Crippen LogP contribution in [0.15, 0.2) is 42.6 Å². The zero-order chi connectivity index (χ0) is 16.9. The van der Waals surface area contributed by atoms with Crippen molar-refractivity contribution in [2.45, 2.75) is 13.3 Å². The smallest absolute Gasteiger partial charge is 0.270 e. The summed E-state index contributed by atoms with van der Waals surface area (Å²) >= 11 is 1.05. The molecule has 122 valence electrons. The Balaban J connectivity index is 1.66. The molecular formula is C16H13FN4O2S. The van der Waals surface area contributed by atoms with Crippen molar-refractivity contribution in [3.8, 4) is 11.5 Å². The van der Waals surface area contributed by atoms with Gasteiger partial charge in [0, 0.05) is 0 Å². The van der Waals surface area contributed by atoms with Gasteiger partial charge in [-0.3, -0.25) is 4.79 Å². The molecule has 0 fully saturated rings. The third-order valence-electron chi connectivity index (χ3n) is 3.12. The highest BCUT2D eigenvalue weighted by Gasteiger charge is 2.15. The summed E-state index contributed by atoms with van der Waals surface area (Å²) in [6, 6.07) is 8.95. The Bertz CT molecular complexity index is 834. The van der Waals surface area contributed by atoms with Crippen LogP contribution in [0.5, 0.6) is 11.5 Å². The Hall–Kier alpha value is -2.87. The van der Waals surface area contributed by atoms with Gasteiger partial charge in [-0.25, -0.2) is 9.37 Å². The molecule has 0 spiro atoms. The van der Waals surface area contributed by atoms with Crippen LogP contribution in [0, 0.1) is 5.82 Å². The normalized spacial score (nSPS) is 10.4. The lowest BCUT2D eigenvalue weighted by atomic mass is 10.3. The lowest BCUT2D eigenvalue weighted by Crippen LogP contribution is -2.13. The fourth-order valence-corrected chi connectivity index (χ4v) is 2.58. The predicted octanol–water partition coefficient (Wildman–Crippen LogP) is 3.68. The Morgan fingerprint density at radius 1 is 1.21 bits per heavy atom. The molecule has 0 saturated carbocycles. The molecular weight excluding hydrogens is 331 g/mol. The molecule has 3 aromatic rings. The first kappa shape index (κ1) is 16.0. The topological polar surface area (TPSA) is 77.0 Å². The molecule has 0 saturated heterocycles. The number of pyridine rings is 1. The van der Waals surface area contributed by atoms with Crippen molar-refractivity contribution < 1.29 is 13.9 Å². The molecule has 1 aromatic carbocycles. The molecule has 2 aromatic heterocycles. The van der Waals surface area contributed by atoms with Crippen LogP contribution in [0.25, 0.3) is 0 Å². The number of halogens is 1. The van der Waals surface area contributed by atoms with Crippen molar-refractivity contribution in [3.05, 3.63) is 59.0 Å². The summed E-state index contributed by atoms with van der Waals surface area (Å²) in [5.74, 6) is 0.748. The summed E-state index contributed by atoms with van der Waals surface area (Å²) in [7, 11) is 0. The zero-order valence-electron chi connectivity index (χ0n) is 12.7. The molecule has 0 aliphatic rings. The quantitative estimate of drug-likeness (QED) is 0.764. The van der Waals surface area contributed by atoms with Crippen LogP contribution in [0.2, 0.25) is 0 Å². The Kier molecular flexibility index (Phi) is 4.76. The predicted molar refractivity (Wildman–Crippen MR) is 88.0 cm³/mol. The van der Waals surface area contributed by atoms with Gasteiger partial charge in [0.15, 0.2) is 0 Å². The van der Waals surface area contributed by atoms with Crippen molar-refractivity contribution in [2.24, 2.45) is 0 Å². The van der Waals surface area contributed by atoms with E-state index >= 15 is 0 Å². The molecule has 24 heavy (non-hydrogen) atoms. The Morgan fingerprint density at radius 2 is 1.96 bits per heavy atom. The summed E-state index contributed by atoms with van der Waals surface area (Å²) < 4.78 is 22.2. The van der Waals surface area contributed by atoms with Gasteiger partial charge in [0.05, 0.1) is 11.9 Å². The molecule has 1 N–H and O–H groups in total. The number of aryl methyl sites for hydroxylation is 1. The Labute approximate surface area is 141 Å². The fourth-order valence-electron chi connectivity index (χ4n) is 1.94. The van der Waals surface area contributed by atoms with Crippen LogP contribution < -0.4 is 10.1 Å². The van der Waals surface area contributed by atoms with Gasteiger partial charge in [-0.1, -0.05) is 11.4 Å². The number of benzene rings is 1. The molecule has 0 unspecified atom stereocenters. The van der Waals surface area contributed by atoms with Gasteiger partial charge in [0.25, 0.3) is 5.91 Å². The third-order valence-corrected chi connectivity index (χ3v) is 3.89. The van der Waals surface area contributed by atoms with Crippen LogP contribution >= 0.6 is 11.5 Å². The monoisotopic (exact) mass is 344 g/mol. The van der Waals surface area contributed by atoms with Crippen LogP contribution in [-0.4, -0.2) is 20.5 Å². The number of anilines is 1. The zero-order valence-corrected chi connectivity index (χ0v) is 13.5. The van der Waals surface area contributed by atoms with Gasteiger partial charge in [-0.2, -0.15) is 0 Å². The molecule has 0 aliphatic carbocycles. The lowest BCUT2D eigenvalue weighted by molar-refractivity contribution is 0.102. The number of rotatable bonds is 5. The van der Waals surface area contributed by atoms with E-state index < -0.39 is 0 Å². The first-order chi connectivity index (χ1) is 11.7. The highest BCUT2D eigenvalue weighted by atomic mass is 32.1. The van der Waals surface area contributed by atoms with Gasteiger partial charge in [-0.15, -0.1) is 5.10 Å². The van der Waals surface area contributed by atoms with E-state index in [-0.39, 0.29) is 11.7 Å². The van der Waals surface area contributed by atoms with Gasteiger partial charge >= 0.3 is 0 Å². The second kappa shape index (κ2) is 7.14. The van der Waals surface area contributed by atoms with Gasteiger partial charge in [0.2, 0.25) is 0 Å². The minimum atomic E-state index is -0.331. The number of carbonyl (C=O) groups excluding carboxylic acids is 1. The average Bonchev–Trinajstić information content (AvgIpc) is 3.07. The number of amides is 1. The van der Waals surface area contributed by atoms with E-state index in [4.69, 9.17) is 4.74 Å². The molecule has 0 bridgehead atoms. The van der Waals surface area contributed by atoms with Crippen LogP contribution in [0.1, 0.15) is 22.3 Å². The fraction of sp³-hybridized carbons (Fsp3) is 0.125. The van der Waals surface area contributed by atoms with Crippen LogP contribution in [0.4, 0.5) is 10.2 Å². The summed E-state index contributed by atoms with van der Waals surface area (Å²) in [6.45, 7) is 1.91. The molecule has 6 nitrogen and oxygen atoms in total. The van der Waals surface area contributed by atoms with E-state index in [2.05, 4.69) is 19.9 Å². The van der Waals surface area contributed by atoms with E-state index in [1.807, 2.05) is 6.92 Å². The highest BCUT2D eigenvalue weighted by Crippen LogP contribution is 2.22. The summed E-state index contributed by atoms with van der Waals surface area (Å²) in [5.41, 5.74) is 0.661. The Morgan fingerprint density at radius 3 is 2.62 bits per heavy atom. The van der Waals surface area contributed by atoms with Gasteiger partial charge in [-0.05, 0) is 54.4 Å². The molecule has 1 amide bonds. The molecule has 3 rings (SSSR count). The maximum atomic E-state index is 12.9. The molecule has 2 heterocycles. The minimum Gasteiger partial charge on any atom is -0.456 e. The van der Waals surface area contributed by atoms with Gasteiger partial charge in [0.1, 0.15) is 28.0 Å². The van der Waals surface area contributed by atoms with Gasteiger partial charge < -0.3 is 10.1 Å². The minimum absolute atomic E-state index is 0.290. The van der Waals surface area contributed by atoms with Crippen molar-refractivity contribution in [1.29, 1.82) is 0 Å². The summed E-state index contributed by atoms with van der Waals surface area (Å²) in [6.07, 6.45) is 2.11. The standard InChI is InChI=1S/C16H13FN4O2S/c1-2-13-15(24-21-20-13)16(22)19-14-8-7-12(9-18-14)23-11-5-3-10(17)4-6-11/h3-9H,2H2,1H3,(H,18,19,22). The second-order valence-corrected chi connectivity index (χ2v) is 5.55. The number of hydrogen-bond donors (Lipinski definition) is 1. The highest BCUT2D eigenvalue weighted by molar-refractivity contribution is 7.08. The molecule has 0 atom stereocenters. The van der Waals surface area contributed by atoms with Crippen molar-refractivity contribution in [1.82, 2.24) is 14.6 Å². The SMILES string of the molecule is CCc1nnsc1C(=O)Nc1ccc(Oc2ccc(F)cc2)cn1. The molecule has 0 radical (unpaired) electrons. The van der Waals surface area contributed by atoms with Crippen molar-refractivity contribution in [3.63, 3.8) is 0 Å². The van der Waals surface area contributed by atoms with E-state index in [1.165, 1.54) is 30.5 Å². The van der Waals surface area contributed by atoms with Crippen LogP contribution in [0.3, 0.4) is 0 Å². The maximum absolute atomic E-state index is 12.9. The maximum Gasteiger partial charge on any atom is 0.270 e. The van der Waals surface area contributed by atoms with E-state index in [0.29, 0.717) is 34.3 Å². The number of nitrogens with one attached hydrogen (secondary N) is 1. The third kappa shape index (κ3) is 3.72. The summed E-state index contributed by atoms with van der Waals surface area (Å²) in [5, 5.41) is 6.60. The number of aromatic nitrogens is 3. The van der Waals surface area contributed by atoms with E-state index in [0.717, 1.165) is 11.5 Å². The van der Waals surface area contributed by atoms with Crippen LogP contribution in [-0.2, 0) is 6.42 Å². The van der Waals surface area contributed by atoms with E-state index in [1.54, 1.807) is 12.1 Å². The number of hydrogen-bond acceptors (Lipinski definition) is 6. The number of ether oxygens (including phenoxy) is 1. The first-order valence-electron chi connectivity index (χ1n) is 7.17.